The Morgan fingerprint density at radius 2 is 2.02 bits per heavy atom. The molecule has 3 aliphatic heterocycles. The lowest BCUT2D eigenvalue weighted by atomic mass is 9.91. The minimum atomic E-state index is -5.13. The number of nitriles is 1. The molecule has 5 aromatic rings. The summed E-state index contributed by atoms with van der Waals surface area (Å²) >= 11 is 1.02. The van der Waals surface area contributed by atoms with Crippen LogP contribution in [-0.2, 0) is 12.6 Å². The van der Waals surface area contributed by atoms with Gasteiger partial charge in [0, 0.05) is 41.9 Å². The van der Waals surface area contributed by atoms with Gasteiger partial charge in [0.1, 0.15) is 58.9 Å². The number of ether oxygens (including phenoxy) is 2. The Balaban J connectivity index is 1.36. The molecule has 4 N–H and O–H groups in total. The second kappa shape index (κ2) is 12.1. The van der Waals surface area contributed by atoms with Gasteiger partial charge in [0.2, 0.25) is 0 Å². The number of anilines is 3. The molecular formula is C35H31F5N8O2S. The molecule has 6 heterocycles. The van der Waals surface area contributed by atoms with E-state index in [-0.39, 0.29) is 77.1 Å². The van der Waals surface area contributed by atoms with E-state index in [0.717, 1.165) is 23.3 Å². The fourth-order valence-corrected chi connectivity index (χ4v) is 8.89. The molecule has 3 aromatic heterocycles. The van der Waals surface area contributed by atoms with E-state index in [2.05, 4.69) is 15.0 Å². The zero-order valence-electron chi connectivity index (χ0n) is 27.2. The lowest BCUT2D eigenvalue weighted by Crippen LogP contribution is -2.43. The summed E-state index contributed by atoms with van der Waals surface area (Å²) in [7, 11) is 1.63. The number of nitrogens with two attached hydrogens (primary N) is 2. The normalized spacial score (nSPS) is 21.9. The van der Waals surface area contributed by atoms with Crippen molar-refractivity contribution in [2.75, 3.05) is 49.7 Å². The van der Waals surface area contributed by atoms with E-state index in [9.17, 15) is 9.65 Å². The Labute approximate surface area is 292 Å². The number of likely N-dealkylation sites (N-methyl/N-ethyl adjacent to an activating group) is 1. The third-order valence-electron chi connectivity index (χ3n) is 10.3. The van der Waals surface area contributed by atoms with Gasteiger partial charge < -0.3 is 25.8 Å². The molecule has 264 valence electrons. The van der Waals surface area contributed by atoms with Crippen LogP contribution in [0.2, 0.25) is 0 Å². The number of fused-ring (bicyclic) bond motifs is 2. The Bertz CT molecular complexity index is 2260. The number of nitrogens with zero attached hydrogens (tertiary/aromatic N) is 6. The molecule has 3 aliphatic rings. The number of nitrogen functional groups attached to an aromatic ring is 2. The van der Waals surface area contributed by atoms with Crippen LogP contribution in [0, 0.1) is 17.1 Å². The van der Waals surface area contributed by atoms with Crippen molar-refractivity contribution in [1.29, 1.82) is 5.26 Å². The number of thiophene rings is 1. The van der Waals surface area contributed by atoms with Crippen LogP contribution in [-0.4, -0.2) is 71.0 Å². The van der Waals surface area contributed by atoms with Crippen LogP contribution in [0.25, 0.3) is 32.1 Å². The fraction of sp³-hybridized carbons (Fsp3) is 0.371. The quantitative estimate of drug-likeness (QED) is 0.187. The van der Waals surface area contributed by atoms with Crippen LogP contribution >= 0.6 is 11.3 Å². The van der Waals surface area contributed by atoms with Crippen molar-refractivity contribution in [2.24, 2.45) is 0 Å². The van der Waals surface area contributed by atoms with Gasteiger partial charge in [-0.3, -0.25) is 4.90 Å². The maximum absolute atomic E-state index is 17.3. The second-order valence-corrected chi connectivity index (χ2v) is 14.4. The van der Waals surface area contributed by atoms with Crippen LogP contribution in [0.4, 0.5) is 38.6 Å². The summed E-state index contributed by atoms with van der Waals surface area (Å²) in [5.41, 5.74) is 9.26. The van der Waals surface area contributed by atoms with Crippen molar-refractivity contribution < 1.29 is 31.4 Å². The molecule has 0 saturated carbocycles. The zero-order chi connectivity index (χ0) is 35.8. The lowest BCUT2D eigenvalue weighted by molar-refractivity contribution is -0.138. The Morgan fingerprint density at radius 3 is 2.78 bits per heavy atom. The monoisotopic (exact) mass is 722 g/mol. The molecule has 0 aliphatic carbocycles. The number of rotatable bonds is 6. The predicted molar refractivity (Wildman–Crippen MR) is 183 cm³/mol. The van der Waals surface area contributed by atoms with Crippen molar-refractivity contribution in [3.63, 3.8) is 0 Å². The van der Waals surface area contributed by atoms with E-state index in [1.54, 1.807) is 30.1 Å². The van der Waals surface area contributed by atoms with E-state index < -0.39 is 52.1 Å². The third-order valence-corrected chi connectivity index (χ3v) is 11.2. The van der Waals surface area contributed by atoms with Crippen LogP contribution in [0.1, 0.15) is 36.0 Å². The number of aromatic nitrogens is 3. The number of hydrogen-bond donors (Lipinski definition) is 2. The van der Waals surface area contributed by atoms with Gasteiger partial charge in [0.05, 0.1) is 22.5 Å². The number of benzene rings is 2. The summed E-state index contributed by atoms with van der Waals surface area (Å²) in [6.45, 7) is 0.752. The van der Waals surface area contributed by atoms with Crippen molar-refractivity contribution in [3.05, 3.63) is 59.0 Å². The largest absolute Gasteiger partial charge is 0.490 e. The summed E-state index contributed by atoms with van der Waals surface area (Å²) in [5.74, 6) is -1.70. The molecule has 0 spiro atoms. The predicted octanol–water partition coefficient (Wildman–Crippen LogP) is 6.50. The SMILES string of the molecule is CN1c2nc(OC[C@@]34CCCN3C[C@H](F)C4)nc3c(F)c(-c4cccc5sc(N)c(C#N)c45)c(C(F)(F)F)c(c23)OCC1Cc1ccnc(N)c1. The first-order chi connectivity index (χ1) is 24.4. The molecule has 16 heteroatoms. The van der Waals surface area contributed by atoms with Gasteiger partial charge in [-0.1, -0.05) is 12.1 Å². The van der Waals surface area contributed by atoms with Gasteiger partial charge >= 0.3 is 12.2 Å². The van der Waals surface area contributed by atoms with Crippen LogP contribution in [0.15, 0.2) is 36.5 Å². The molecule has 51 heavy (non-hydrogen) atoms. The van der Waals surface area contributed by atoms with E-state index in [4.69, 9.17) is 20.9 Å². The molecule has 0 amide bonds. The summed E-state index contributed by atoms with van der Waals surface area (Å²) in [5, 5.41) is 9.85. The molecular weight excluding hydrogens is 691 g/mol. The first kappa shape index (κ1) is 33.2. The number of pyridine rings is 1. The minimum absolute atomic E-state index is 0.0132. The van der Waals surface area contributed by atoms with Gasteiger partial charge in [-0.25, -0.2) is 13.8 Å². The minimum Gasteiger partial charge on any atom is -0.490 e. The highest BCUT2D eigenvalue weighted by atomic mass is 32.1. The highest BCUT2D eigenvalue weighted by molar-refractivity contribution is 7.23. The molecule has 3 atom stereocenters. The van der Waals surface area contributed by atoms with Crippen LogP contribution < -0.4 is 25.8 Å². The average molecular weight is 723 g/mol. The third kappa shape index (κ3) is 5.41. The highest BCUT2D eigenvalue weighted by Crippen LogP contribution is 2.53. The molecule has 2 aromatic carbocycles. The zero-order valence-corrected chi connectivity index (χ0v) is 28.0. The summed E-state index contributed by atoms with van der Waals surface area (Å²) < 4.78 is 90.7. The first-order valence-electron chi connectivity index (χ1n) is 16.3. The van der Waals surface area contributed by atoms with E-state index in [1.807, 2.05) is 11.0 Å². The van der Waals surface area contributed by atoms with Gasteiger partial charge in [-0.2, -0.15) is 28.4 Å². The van der Waals surface area contributed by atoms with Gasteiger partial charge in [0.25, 0.3) is 0 Å². The van der Waals surface area contributed by atoms with E-state index in [0.29, 0.717) is 17.7 Å². The molecule has 0 bridgehead atoms. The number of halogens is 5. The molecule has 10 nitrogen and oxygen atoms in total. The smallest absolute Gasteiger partial charge is 0.420 e. The van der Waals surface area contributed by atoms with E-state index in [1.165, 1.54) is 18.3 Å². The summed E-state index contributed by atoms with van der Waals surface area (Å²) in [6, 6.07) is 8.89. The van der Waals surface area contributed by atoms with Crippen molar-refractivity contribution in [3.8, 4) is 29.0 Å². The van der Waals surface area contributed by atoms with Crippen molar-refractivity contribution in [2.45, 2.75) is 49.6 Å². The Morgan fingerprint density at radius 1 is 1.20 bits per heavy atom. The molecule has 8 rings (SSSR count). The van der Waals surface area contributed by atoms with Gasteiger partial charge in [-0.05, 0) is 55.1 Å². The standard InChI is InChI=1S/C35H31F5N8O2S/c1-47-19(10-17-6-8-44-23(42)11-17)15-49-30-26-29(45-33(46-32(26)47)50-16-34-7-3-9-48(34)14-18(36)12-34)28(37)25(27(30)35(38,39)40)20-4-2-5-22-24(20)21(13-41)31(43)51-22/h2,4-6,8,11,18-19H,3,7,9-10,12,14-16,43H2,1H3,(H2,42,44)/t18-,19?,34+/m1/s1. The first-order valence-corrected chi connectivity index (χ1v) is 17.1. The van der Waals surface area contributed by atoms with Crippen molar-refractivity contribution >= 4 is 49.0 Å². The molecule has 2 fully saturated rings. The Kier molecular flexibility index (Phi) is 7.83. The summed E-state index contributed by atoms with van der Waals surface area (Å²) in [4.78, 5) is 16.7. The number of alkyl halides is 4. The molecule has 2 saturated heterocycles. The van der Waals surface area contributed by atoms with Gasteiger partial charge in [0.15, 0.2) is 5.82 Å². The average Bonchev–Trinajstić information content (AvgIpc) is 3.70. The maximum Gasteiger partial charge on any atom is 0.420 e. The van der Waals surface area contributed by atoms with Crippen LogP contribution in [0.3, 0.4) is 0 Å². The topological polar surface area (TPSA) is 139 Å². The van der Waals surface area contributed by atoms with Crippen molar-refractivity contribution in [1.82, 2.24) is 19.9 Å². The van der Waals surface area contributed by atoms with E-state index >= 15 is 17.6 Å². The summed E-state index contributed by atoms with van der Waals surface area (Å²) in [6.07, 6.45) is -2.57. The highest BCUT2D eigenvalue weighted by Gasteiger charge is 2.50. The lowest BCUT2D eigenvalue weighted by Gasteiger charge is -2.31. The second-order valence-electron chi connectivity index (χ2n) is 13.3. The fourth-order valence-electron chi connectivity index (χ4n) is 7.94. The molecule has 1 unspecified atom stereocenters. The Hall–Kier alpha value is -5.01. The maximum atomic E-state index is 17.3. The number of hydrogen-bond acceptors (Lipinski definition) is 11. The van der Waals surface area contributed by atoms with Gasteiger partial charge in [-0.15, -0.1) is 11.3 Å². The van der Waals surface area contributed by atoms with Crippen LogP contribution in [0.5, 0.6) is 11.8 Å². The molecule has 0 radical (unpaired) electrons.